The fourth-order valence-electron chi connectivity index (χ4n) is 1.95. The summed E-state index contributed by atoms with van der Waals surface area (Å²) in [6.07, 6.45) is 0.571. The average Bonchev–Trinajstić information content (AvgIpc) is 2.38. The lowest BCUT2D eigenvalue weighted by molar-refractivity contribution is 0.0694. The van der Waals surface area contributed by atoms with E-state index in [9.17, 15) is 4.79 Å². The number of nitrogens with zero attached hydrogens (tertiary/aromatic N) is 1. The highest BCUT2D eigenvalue weighted by Crippen LogP contribution is 2.19. The Bertz CT molecular complexity index is 433. The van der Waals surface area contributed by atoms with Crippen LogP contribution in [0.2, 0.25) is 0 Å². The Balaban J connectivity index is 3.04. The van der Waals surface area contributed by atoms with Crippen LogP contribution in [-0.2, 0) is 0 Å². The summed E-state index contributed by atoms with van der Waals surface area (Å²) in [6.45, 7) is 6.46. The summed E-state index contributed by atoms with van der Waals surface area (Å²) in [5, 5.41) is 8.92. The molecule has 1 rings (SSSR count). The fraction of sp³-hybridized carbons (Fsp3) is 0.500. The monoisotopic (exact) mass is 265 g/mol. The zero-order chi connectivity index (χ0) is 14.4. The Morgan fingerprint density at radius 2 is 2.16 bits per heavy atom. The second-order valence-corrected chi connectivity index (χ2v) is 4.86. The first kappa shape index (κ1) is 15.5. The molecule has 0 unspecified atom stereocenters. The number of anilines is 1. The van der Waals surface area contributed by atoms with E-state index in [1.807, 2.05) is 32.9 Å². The number of aliphatic hydroxyl groups excluding tert-OH is 1. The molecule has 0 fully saturated rings. The normalized spacial score (nSPS) is 10.6. The van der Waals surface area contributed by atoms with Crippen molar-refractivity contribution >= 4 is 11.6 Å². The van der Waals surface area contributed by atoms with Crippen LogP contribution in [0.1, 0.15) is 36.2 Å². The van der Waals surface area contributed by atoms with E-state index in [0.717, 1.165) is 5.56 Å². The summed E-state index contributed by atoms with van der Waals surface area (Å²) in [5.74, 6) is 5.38. The second-order valence-electron chi connectivity index (χ2n) is 4.86. The van der Waals surface area contributed by atoms with Gasteiger partial charge in [0.05, 0.1) is 11.3 Å². The van der Waals surface area contributed by atoms with Gasteiger partial charge in [0, 0.05) is 19.2 Å². The molecule has 0 heterocycles. The van der Waals surface area contributed by atoms with E-state index in [-0.39, 0.29) is 18.6 Å². The number of hydrogen-bond donors (Lipinski definition) is 3. The third-order valence-corrected chi connectivity index (χ3v) is 3.00. The number of carbonyl (C=O) groups is 1. The molecule has 0 spiro atoms. The van der Waals surface area contributed by atoms with Gasteiger partial charge < -0.3 is 15.4 Å². The molecule has 0 aliphatic carbocycles. The lowest BCUT2D eigenvalue weighted by Gasteiger charge is -2.27. The molecule has 0 bridgehead atoms. The molecule has 0 aliphatic rings. The van der Waals surface area contributed by atoms with Crippen molar-refractivity contribution in [1.29, 1.82) is 0 Å². The van der Waals surface area contributed by atoms with Crippen LogP contribution in [0, 0.1) is 6.92 Å². The maximum Gasteiger partial charge on any atom is 0.256 e. The van der Waals surface area contributed by atoms with Crippen LogP contribution in [0.5, 0.6) is 0 Å². The summed E-state index contributed by atoms with van der Waals surface area (Å²) in [5.41, 5.74) is 4.74. The molecule has 19 heavy (non-hydrogen) atoms. The van der Waals surface area contributed by atoms with Crippen molar-refractivity contribution in [3.05, 3.63) is 29.3 Å². The molecule has 0 atom stereocenters. The second kappa shape index (κ2) is 7.11. The topological polar surface area (TPSA) is 78.6 Å². The maximum atomic E-state index is 12.6. The van der Waals surface area contributed by atoms with E-state index in [1.165, 1.54) is 0 Å². The maximum absolute atomic E-state index is 12.6. The van der Waals surface area contributed by atoms with Crippen molar-refractivity contribution < 1.29 is 9.90 Å². The summed E-state index contributed by atoms with van der Waals surface area (Å²) in [7, 11) is 0. The van der Waals surface area contributed by atoms with Crippen LogP contribution < -0.4 is 11.3 Å². The van der Waals surface area contributed by atoms with Crippen molar-refractivity contribution in [2.45, 2.75) is 33.2 Å². The predicted octanol–water partition coefficient (Wildman–Crippen LogP) is 1.51. The molecule has 5 heteroatoms. The van der Waals surface area contributed by atoms with Gasteiger partial charge in [0.1, 0.15) is 0 Å². The molecule has 0 saturated heterocycles. The van der Waals surface area contributed by atoms with Crippen LogP contribution >= 0.6 is 0 Å². The Morgan fingerprint density at radius 3 is 2.68 bits per heavy atom. The van der Waals surface area contributed by atoms with E-state index < -0.39 is 0 Å². The van der Waals surface area contributed by atoms with Crippen molar-refractivity contribution in [3.63, 3.8) is 0 Å². The number of nitrogens with one attached hydrogen (secondary N) is 1. The van der Waals surface area contributed by atoms with Gasteiger partial charge in [0.15, 0.2) is 0 Å². The standard InChI is InChI=1S/C14H23N3O2/c1-10(2)17(7-4-8-18)14(19)12-9-11(3)5-6-13(12)16-15/h5-6,9-10,16,18H,4,7-8,15H2,1-3H3. The van der Waals surface area contributed by atoms with Crippen molar-refractivity contribution in [2.75, 3.05) is 18.6 Å². The number of rotatable bonds is 6. The quantitative estimate of drug-likeness (QED) is 0.538. The number of aryl methyl sites for hydroxylation is 1. The van der Waals surface area contributed by atoms with Crippen molar-refractivity contribution in [1.82, 2.24) is 4.90 Å². The van der Waals surface area contributed by atoms with Crippen LogP contribution in [0.3, 0.4) is 0 Å². The van der Waals surface area contributed by atoms with E-state index in [1.54, 1.807) is 11.0 Å². The zero-order valence-corrected chi connectivity index (χ0v) is 11.8. The molecule has 1 aromatic rings. The van der Waals surface area contributed by atoms with Crippen LogP contribution in [0.25, 0.3) is 0 Å². The van der Waals surface area contributed by atoms with E-state index in [4.69, 9.17) is 10.9 Å². The number of amides is 1. The highest BCUT2D eigenvalue weighted by molar-refractivity contribution is 5.99. The molecule has 0 aromatic heterocycles. The highest BCUT2D eigenvalue weighted by Gasteiger charge is 2.20. The van der Waals surface area contributed by atoms with Crippen molar-refractivity contribution in [3.8, 4) is 0 Å². The highest BCUT2D eigenvalue weighted by atomic mass is 16.3. The number of hydrogen-bond acceptors (Lipinski definition) is 4. The van der Waals surface area contributed by atoms with Crippen LogP contribution in [-0.4, -0.2) is 35.1 Å². The molecule has 0 aliphatic heterocycles. The van der Waals surface area contributed by atoms with E-state index in [0.29, 0.717) is 24.2 Å². The third kappa shape index (κ3) is 3.94. The Labute approximate surface area is 114 Å². The lowest BCUT2D eigenvalue weighted by atomic mass is 10.1. The first-order valence-corrected chi connectivity index (χ1v) is 6.50. The predicted molar refractivity (Wildman–Crippen MR) is 76.9 cm³/mol. The van der Waals surface area contributed by atoms with Gasteiger partial charge >= 0.3 is 0 Å². The Hall–Kier alpha value is -1.59. The van der Waals surface area contributed by atoms with Gasteiger partial charge in [0.2, 0.25) is 0 Å². The fourth-order valence-corrected chi connectivity index (χ4v) is 1.95. The number of carbonyl (C=O) groups excluding carboxylic acids is 1. The third-order valence-electron chi connectivity index (χ3n) is 3.00. The van der Waals surface area contributed by atoms with Gasteiger partial charge in [0.25, 0.3) is 5.91 Å². The molecule has 4 N–H and O–H groups in total. The first-order chi connectivity index (χ1) is 9.01. The van der Waals surface area contributed by atoms with Gasteiger partial charge in [-0.2, -0.15) is 0 Å². The number of aliphatic hydroxyl groups is 1. The minimum Gasteiger partial charge on any atom is -0.396 e. The van der Waals surface area contributed by atoms with Gasteiger partial charge in [-0.15, -0.1) is 0 Å². The molecule has 106 valence electrons. The molecule has 1 amide bonds. The minimum absolute atomic E-state index is 0.0694. The van der Waals surface area contributed by atoms with Crippen LogP contribution in [0.4, 0.5) is 5.69 Å². The number of nitrogen functional groups attached to an aromatic ring is 1. The molecule has 0 radical (unpaired) electrons. The van der Waals surface area contributed by atoms with Gasteiger partial charge in [-0.1, -0.05) is 11.6 Å². The van der Waals surface area contributed by atoms with Gasteiger partial charge in [-0.3, -0.25) is 10.6 Å². The Morgan fingerprint density at radius 1 is 1.47 bits per heavy atom. The largest absolute Gasteiger partial charge is 0.396 e. The smallest absolute Gasteiger partial charge is 0.256 e. The van der Waals surface area contributed by atoms with Gasteiger partial charge in [-0.05, 0) is 39.3 Å². The minimum atomic E-state index is -0.0694. The van der Waals surface area contributed by atoms with E-state index >= 15 is 0 Å². The van der Waals surface area contributed by atoms with E-state index in [2.05, 4.69) is 5.43 Å². The molecular weight excluding hydrogens is 242 g/mol. The summed E-state index contributed by atoms with van der Waals surface area (Å²) >= 11 is 0. The van der Waals surface area contributed by atoms with Gasteiger partial charge in [-0.25, -0.2) is 0 Å². The first-order valence-electron chi connectivity index (χ1n) is 6.50. The number of hydrazine groups is 1. The van der Waals surface area contributed by atoms with Crippen LogP contribution in [0.15, 0.2) is 18.2 Å². The number of benzene rings is 1. The Kier molecular flexibility index (Phi) is 5.79. The molecule has 0 saturated carbocycles. The lowest BCUT2D eigenvalue weighted by Crippen LogP contribution is -2.38. The summed E-state index contributed by atoms with van der Waals surface area (Å²) in [6, 6.07) is 5.60. The molecule has 1 aromatic carbocycles. The van der Waals surface area contributed by atoms with Crippen molar-refractivity contribution in [2.24, 2.45) is 5.84 Å². The summed E-state index contributed by atoms with van der Waals surface area (Å²) in [4.78, 5) is 14.3. The summed E-state index contributed by atoms with van der Waals surface area (Å²) < 4.78 is 0. The average molecular weight is 265 g/mol. The molecule has 5 nitrogen and oxygen atoms in total. The zero-order valence-electron chi connectivity index (χ0n) is 11.8. The SMILES string of the molecule is Cc1ccc(NN)c(C(=O)N(CCCO)C(C)C)c1. The molecular formula is C14H23N3O2. The number of nitrogens with two attached hydrogens (primary N) is 1.